The molecule has 0 bridgehead atoms. The summed E-state index contributed by atoms with van der Waals surface area (Å²) in [6, 6.07) is 12.3. The number of urea groups is 1. The number of hydrogen-bond acceptors (Lipinski definition) is 3. The molecule has 2 aromatic rings. The molecule has 0 spiro atoms. The lowest BCUT2D eigenvalue weighted by Crippen LogP contribution is -2.21. The first-order valence-electron chi connectivity index (χ1n) is 7.54. The summed E-state index contributed by atoms with van der Waals surface area (Å²) >= 11 is 0. The number of amides is 2. The molecule has 0 aliphatic heterocycles. The van der Waals surface area contributed by atoms with E-state index in [0.29, 0.717) is 11.3 Å². The molecule has 126 valence electrons. The first-order chi connectivity index (χ1) is 11.2. The zero-order valence-electron chi connectivity index (χ0n) is 13.3. The van der Waals surface area contributed by atoms with E-state index in [9.17, 15) is 9.59 Å². The van der Waals surface area contributed by atoms with Crippen LogP contribution in [0.1, 0.15) is 27.9 Å². The molecule has 24 heavy (non-hydrogen) atoms. The van der Waals surface area contributed by atoms with Crippen LogP contribution >= 0.6 is 12.4 Å². The number of benzene rings is 2. The van der Waals surface area contributed by atoms with Gasteiger partial charge in [0.05, 0.1) is 18.4 Å². The summed E-state index contributed by atoms with van der Waals surface area (Å²) in [6.07, 6.45) is 3.32. The van der Waals surface area contributed by atoms with Crippen LogP contribution in [0.2, 0.25) is 0 Å². The highest BCUT2D eigenvalue weighted by Gasteiger charge is 2.14. The summed E-state index contributed by atoms with van der Waals surface area (Å²) in [5.41, 5.74) is 4.13. The molecule has 0 saturated heterocycles. The van der Waals surface area contributed by atoms with Gasteiger partial charge in [-0.3, -0.25) is 0 Å². The molecule has 0 fully saturated rings. The second-order valence-corrected chi connectivity index (χ2v) is 5.45. The molecule has 0 atom stereocenters. The lowest BCUT2D eigenvalue weighted by atomic mass is 10.1. The van der Waals surface area contributed by atoms with Gasteiger partial charge in [-0.05, 0) is 54.7 Å². The van der Waals surface area contributed by atoms with Crippen molar-refractivity contribution in [2.75, 3.05) is 17.7 Å². The molecule has 2 amide bonds. The molecule has 0 radical (unpaired) electrons. The van der Waals surface area contributed by atoms with Crippen molar-refractivity contribution >= 4 is 35.8 Å². The minimum absolute atomic E-state index is 0. The Morgan fingerprint density at radius 1 is 1.00 bits per heavy atom. The average molecular weight is 347 g/mol. The standard InChI is InChI=1S/C18H18N2O3.ClH/c1-23-17(21)15-7-2-3-8-16(15)20-18(22)19-14-10-9-12-5-4-6-13(12)11-14;/h2-3,7-11H,4-6H2,1H3,(H2,19,20,22);1H. The van der Waals surface area contributed by atoms with Crippen molar-refractivity contribution in [3.63, 3.8) is 0 Å². The lowest BCUT2D eigenvalue weighted by Gasteiger charge is -2.11. The molecule has 0 saturated carbocycles. The fourth-order valence-electron chi connectivity index (χ4n) is 2.81. The van der Waals surface area contributed by atoms with Gasteiger partial charge >= 0.3 is 12.0 Å². The van der Waals surface area contributed by atoms with Gasteiger partial charge in [-0.1, -0.05) is 18.2 Å². The minimum atomic E-state index is -0.488. The molecular formula is C18H19ClN2O3. The van der Waals surface area contributed by atoms with Crippen molar-refractivity contribution < 1.29 is 14.3 Å². The number of aryl methyl sites for hydroxylation is 2. The third kappa shape index (κ3) is 3.86. The van der Waals surface area contributed by atoms with Crippen LogP contribution < -0.4 is 10.6 Å². The summed E-state index contributed by atoms with van der Waals surface area (Å²) in [4.78, 5) is 23.9. The smallest absolute Gasteiger partial charge is 0.339 e. The second kappa shape index (κ2) is 7.84. The number of fused-ring (bicyclic) bond motifs is 1. The van der Waals surface area contributed by atoms with Crippen LogP contribution in [0.25, 0.3) is 0 Å². The van der Waals surface area contributed by atoms with Crippen molar-refractivity contribution in [1.29, 1.82) is 0 Å². The molecule has 0 heterocycles. The van der Waals surface area contributed by atoms with E-state index in [1.54, 1.807) is 24.3 Å². The maximum atomic E-state index is 12.2. The van der Waals surface area contributed by atoms with Crippen molar-refractivity contribution in [3.8, 4) is 0 Å². The fourth-order valence-corrected chi connectivity index (χ4v) is 2.81. The van der Waals surface area contributed by atoms with Gasteiger partial charge in [0.2, 0.25) is 0 Å². The molecule has 0 aromatic heterocycles. The zero-order chi connectivity index (χ0) is 16.2. The Labute approximate surface area is 146 Å². The minimum Gasteiger partial charge on any atom is -0.465 e. The number of para-hydroxylation sites is 1. The molecule has 0 unspecified atom stereocenters. The van der Waals surface area contributed by atoms with E-state index >= 15 is 0 Å². The Bertz CT molecular complexity index is 762. The maximum absolute atomic E-state index is 12.2. The van der Waals surface area contributed by atoms with Crippen LogP contribution in [0, 0.1) is 0 Å². The molecule has 2 aromatic carbocycles. The quantitative estimate of drug-likeness (QED) is 0.824. The number of nitrogens with one attached hydrogen (secondary N) is 2. The Morgan fingerprint density at radius 2 is 1.75 bits per heavy atom. The average Bonchev–Trinajstić information content (AvgIpc) is 3.02. The van der Waals surface area contributed by atoms with E-state index in [2.05, 4.69) is 16.7 Å². The SMILES string of the molecule is COC(=O)c1ccccc1NC(=O)Nc1ccc2c(c1)CCC2.Cl. The number of carbonyl (C=O) groups is 2. The summed E-state index contributed by atoms with van der Waals surface area (Å²) in [7, 11) is 1.31. The predicted octanol–water partition coefficient (Wildman–Crippen LogP) is 4.03. The number of halogens is 1. The number of hydrogen-bond donors (Lipinski definition) is 2. The van der Waals surface area contributed by atoms with Crippen molar-refractivity contribution in [2.24, 2.45) is 0 Å². The third-order valence-electron chi connectivity index (χ3n) is 3.94. The Kier molecular flexibility index (Phi) is 5.82. The van der Waals surface area contributed by atoms with Crippen molar-refractivity contribution in [3.05, 3.63) is 59.2 Å². The Morgan fingerprint density at radius 3 is 2.54 bits per heavy atom. The Hall–Kier alpha value is -2.53. The highest BCUT2D eigenvalue weighted by Crippen LogP contribution is 2.25. The van der Waals surface area contributed by atoms with E-state index in [4.69, 9.17) is 4.74 Å². The van der Waals surface area contributed by atoms with Gasteiger partial charge in [-0.25, -0.2) is 9.59 Å². The molecule has 2 N–H and O–H groups in total. The summed E-state index contributed by atoms with van der Waals surface area (Å²) < 4.78 is 4.72. The molecular weight excluding hydrogens is 328 g/mol. The first-order valence-corrected chi connectivity index (χ1v) is 7.54. The molecule has 3 rings (SSSR count). The van der Waals surface area contributed by atoms with E-state index in [-0.39, 0.29) is 18.4 Å². The van der Waals surface area contributed by atoms with Crippen molar-refractivity contribution in [2.45, 2.75) is 19.3 Å². The number of ether oxygens (including phenoxy) is 1. The van der Waals surface area contributed by atoms with E-state index in [1.807, 2.05) is 12.1 Å². The zero-order valence-corrected chi connectivity index (χ0v) is 14.1. The maximum Gasteiger partial charge on any atom is 0.339 e. The van der Waals surface area contributed by atoms with E-state index in [1.165, 1.54) is 18.2 Å². The second-order valence-electron chi connectivity index (χ2n) is 5.45. The van der Waals surface area contributed by atoms with Crippen LogP contribution in [0.4, 0.5) is 16.2 Å². The fraction of sp³-hybridized carbons (Fsp3) is 0.222. The highest BCUT2D eigenvalue weighted by atomic mass is 35.5. The topological polar surface area (TPSA) is 67.4 Å². The van der Waals surface area contributed by atoms with E-state index in [0.717, 1.165) is 24.9 Å². The highest BCUT2D eigenvalue weighted by molar-refractivity contribution is 6.05. The van der Waals surface area contributed by atoms with Gasteiger partial charge in [0, 0.05) is 5.69 Å². The van der Waals surface area contributed by atoms with Crippen molar-refractivity contribution in [1.82, 2.24) is 0 Å². The summed E-state index contributed by atoms with van der Waals surface area (Å²) in [6.45, 7) is 0. The number of rotatable bonds is 3. The summed E-state index contributed by atoms with van der Waals surface area (Å²) in [5.74, 6) is -0.488. The normalized spacial score (nSPS) is 11.9. The van der Waals surface area contributed by atoms with E-state index < -0.39 is 5.97 Å². The molecule has 1 aliphatic carbocycles. The number of esters is 1. The van der Waals surface area contributed by atoms with Gasteiger partial charge in [-0.15, -0.1) is 12.4 Å². The number of anilines is 2. The van der Waals surface area contributed by atoms with Gasteiger partial charge < -0.3 is 15.4 Å². The van der Waals surface area contributed by atoms with Gasteiger partial charge in [0.15, 0.2) is 0 Å². The van der Waals surface area contributed by atoms with Crippen LogP contribution in [-0.2, 0) is 17.6 Å². The largest absolute Gasteiger partial charge is 0.465 e. The van der Waals surface area contributed by atoms with Crippen LogP contribution in [0.3, 0.4) is 0 Å². The van der Waals surface area contributed by atoms with Gasteiger partial charge in [0.25, 0.3) is 0 Å². The lowest BCUT2D eigenvalue weighted by molar-refractivity contribution is 0.0602. The van der Waals surface area contributed by atoms with Crippen LogP contribution in [0.15, 0.2) is 42.5 Å². The third-order valence-corrected chi connectivity index (χ3v) is 3.94. The first kappa shape index (κ1) is 17.8. The molecule has 6 heteroatoms. The molecule has 1 aliphatic rings. The molecule has 5 nitrogen and oxygen atoms in total. The number of methoxy groups -OCH3 is 1. The van der Waals surface area contributed by atoms with Crippen LogP contribution in [-0.4, -0.2) is 19.1 Å². The van der Waals surface area contributed by atoms with Gasteiger partial charge in [-0.2, -0.15) is 0 Å². The monoisotopic (exact) mass is 346 g/mol. The van der Waals surface area contributed by atoms with Crippen LogP contribution in [0.5, 0.6) is 0 Å². The summed E-state index contributed by atoms with van der Waals surface area (Å²) in [5, 5.41) is 5.49. The number of carbonyl (C=O) groups excluding carboxylic acids is 2. The van der Waals surface area contributed by atoms with Gasteiger partial charge in [0.1, 0.15) is 0 Å². The predicted molar refractivity (Wildman–Crippen MR) is 96.1 cm³/mol. The Balaban J connectivity index is 0.00000208.